The summed E-state index contributed by atoms with van der Waals surface area (Å²) in [5.74, 6) is 0. The highest BCUT2D eigenvalue weighted by atomic mass is 28.4. The minimum atomic E-state index is -2.00. The maximum atomic E-state index is 10.1. The van der Waals surface area contributed by atoms with E-state index in [1.54, 1.807) is 0 Å². The van der Waals surface area contributed by atoms with Crippen LogP contribution in [0.25, 0.3) is 5.57 Å². The van der Waals surface area contributed by atoms with Crippen molar-refractivity contribution < 1.29 is 4.80 Å². The molecule has 0 aliphatic heterocycles. The van der Waals surface area contributed by atoms with Crippen molar-refractivity contribution in [1.82, 2.24) is 0 Å². The van der Waals surface area contributed by atoms with Crippen molar-refractivity contribution in [2.24, 2.45) is 0 Å². The molecule has 0 amide bonds. The van der Waals surface area contributed by atoms with Gasteiger partial charge in [-0.05, 0) is 30.7 Å². The molecule has 1 fully saturated rings. The first-order valence-corrected chi connectivity index (χ1v) is 8.69. The van der Waals surface area contributed by atoms with Crippen molar-refractivity contribution in [3.63, 3.8) is 0 Å². The van der Waals surface area contributed by atoms with Crippen LogP contribution in [0.15, 0.2) is 48.6 Å². The molecular weight excluding hydrogens is 212 g/mol. The smallest absolute Gasteiger partial charge is 0.189 e. The van der Waals surface area contributed by atoms with Gasteiger partial charge in [0.05, 0.1) is 0 Å². The van der Waals surface area contributed by atoms with Crippen molar-refractivity contribution in [2.75, 3.05) is 0 Å². The Labute approximate surface area is 98.3 Å². The maximum Gasteiger partial charge on any atom is 0.189 e. The third kappa shape index (κ3) is 2.18. The van der Waals surface area contributed by atoms with Crippen LogP contribution in [0.3, 0.4) is 0 Å². The van der Waals surface area contributed by atoms with Crippen LogP contribution in [0.4, 0.5) is 0 Å². The molecule has 0 heterocycles. The molecule has 2 rings (SSSR count). The summed E-state index contributed by atoms with van der Waals surface area (Å²) in [6.07, 6.45) is 2.97. The highest BCUT2D eigenvalue weighted by molar-refractivity contribution is 6.73. The molecule has 1 aliphatic rings. The Balaban J connectivity index is 2.33. The van der Waals surface area contributed by atoms with E-state index in [1.807, 2.05) is 37.4 Å². The van der Waals surface area contributed by atoms with Gasteiger partial charge in [-0.15, -0.1) is 0 Å². The van der Waals surface area contributed by atoms with Crippen LogP contribution in [-0.2, 0) is 0 Å². The van der Waals surface area contributed by atoms with E-state index in [1.165, 1.54) is 16.7 Å². The first-order valence-electron chi connectivity index (χ1n) is 5.67. The monoisotopic (exact) mass is 230 g/mol. The van der Waals surface area contributed by atoms with Crippen molar-refractivity contribution in [2.45, 2.75) is 25.1 Å². The molecule has 1 N–H and O–H groups in total. The van der Waals surface area contributed by atoms with Gasteiger partial charge < -0.3 is 4.80 Å². The Morgan fingerprint density at radius 1 is 1.38 bits per heavy atom. The molecule has 0 radical (unpaired) electrons. The summed E-state index contributed by atoms with van der Waals surface area (Å²) in [6, 6.07) is 10.3. The SMILES string of the molecule is C=C/C(=C1\CC1[Si](C)(C)O)c1ccccc1. The molecule has 1 saturated carbocycles. The highest BCUT2D eigenvalue weighted by Gasteiger charge is 2.45. The molecule has 0 saturated heterocycles. The van der Waals surface area contributed by atoms with E-state index in [0.717, 1.165) is 6.42 Å². The minimum Gasteiger partial charge on any atom is -0.432 e. The number of allylic oxidation sites excluding steroid dienone is 3. The first kappa shape index (κ1) is 11.4. The van der Waals surface area contributed by atoms with Gasteiger partial charge in [-0.25, -0.2) is 0 Å². The number of hydrogen-bond acceptors (Lipinski definition) is 1. The van der Waals surface area contributed by atoms with Crippen molar-refractivity contribution >= 4 is 13.9 Å². The molecule has 84 valence electrons. The number of benzene rings is 1. The van der Waals surface area contributed by atoms with Gasteiger partial charge in [-0.3, -0.25) is 0 Å². The molecule has 1 aromatic carbocycles. The zero-order chi connectivity index (χ0) is 11.8. The van der Waals surface area contributed by atoms with Gasteiger partial charge >= 0.3 is 0 Å². The quantitative estimate of drug-likeness (QED) is 0.787. The van der Waals surface area contributed by atoms with Gasteiger partial charge in [0, 0.05) is 5.54 Å². The van der Waals surface area contributed by atoms with Crippen LogP contribution in [0.1, 0.15) is 12.0 Å². The summed E-state index contributed by atoms with van der Waals surface area (Å²) in [7, 11) is -2.00. The van der Waals surface area contributed by atoms with Crippen molar-refractivity contribution in [3.8, 4) is 0 Å². The lowest BCUT2D eigenvalue weighted by Crippen LogP contribution is -2.25. The molecule has 1 atom stereocenters. The zero-order valence-electron chi connectivity index (χ0n) is 9.90. The van der Waals surface area contributed by atoms with Crippen LogP contribution < -0.4 is 0 Å². The molecule has 16 heavy (non-hydrogen) atoms. The Hall–Kier alpha value is -1.12. The number of rotatable bonds is 3. The summed E-state index contributed by atoms with van der Waals surface area (Å²) >= 11 is 0. The van der Waals surface area contributed by atoms with E-state index >= 15 is 0 Å². The summed E-state index contributed by atoms with van der Waals surface area (Å²) in [5.41, 5.74) is 4.26. The van der Waals surface area contributed by atoms with Crippen LogP contribution in [0.5, 0.6) is 0 Å². The third-order valence-electron chi connectivity index (χ3n) is 3.17. The van der Waals surface area contributed by atoms with Crippen LogP contribution >= 0.6 is 0 Å². The Morgan fingerprint density at radius 3 is 2.44 bits per heavy atom. The summed E-state index contributed by atoms with van der Waals surface area (Å²) in [6.45, 7) is 7.91. The molecular formula is C14H18OSi. The highest BCUT2D eigenvalue weighted by Crippen LogP contribution is 2.53. The lowest BCUT2D eigenvalue weighted by atomic mass is 10.1. The average molecular weight is 230 g/mol. The predicted molar refractivity (Wildman–Crippen MR) is 71.6 cm³/mol. The third-order valence-corrected chi connectivity index (χ3v) is 5.43. The second kappa shape index (κ2) is 4.04. The number of hydrogen-bond donors (Lipinski definition) is 1. The molecule has 2 heteroatoms. The van der Waals surface area contributed by atoms with E-state index in [2.05, 4.69) is 18.7 Å². The lowest BCUT2D eigenvalue weighted by molar-refractivity contribution is 0.548. The topological polar surface area (TPSA) is 20.2 Å². The molecule has 1 unspecified atom stereocenters. The van der Waals surface area contributed by atoms with Crippen molar-refractivity contribution in [3.05, 3.63) is 54.1 Å². The standard InChI is InChI=1S/C14H18OSi/c1-4-12(11-8-6-5-7-9-11)13-10-14(13)16(2,3)15/h4-9,14-15H,1,10H2,2-3H3/b13-12-. The van der Waals surface area contributed by atoms with Crippen molar-refractivity contribution in [1.29, 1.82) is 0 Å². The predicted octanol–water partition coefficient (Wildman–Crippen LogP) is 3.60. The Bertz CT molecular complexity index is 426. The molecule has 1 nitrogen and oxygen atoms in total. The Morgan fingerprint density at radius 2 is 2.00 bits per heavy atom. The second-order valence-electron chi connectivity index (χ2n) is 4.92. The van der Waals surface area contributed by atoms with Gasteiger partial charge in [0.1, 0.15) is 0 Å². The minimum absolute atomic E-state index is 0.431. The van der Waals surface area contributed by atoms with E-state index in [9.17, 15) is 4.80 Å². The fourth-order valence-corrected chi connectivity index (χ4v) is 3.91. The van der Waals surface area contributed by atoms with E-state index < -0.39 is 8.32 Å². The van der Waals surface area contributed by atoms with E-state index in [4.69, 9.17) is 0 Å². The molecule has 0 bridgehead atoms. The fraction of sp³-hybridized carbons (Fsp3) is 0.286. The molecule has 1 aromatic rings. The molecule has 0 spiro atoms. The zero-order valence-corrected chi connectivity index (χ0v) is 10.9. The van der Waals surface area contributed by atoms with Crippen LogP contribution in [-0.4, -0.2) is 13.1 Å². The normalized spacial score (nSPS) is 22.8. The van der Waals surface area contributed by atoms with Crippen LogP contribution in [0.2, 0.25) is 18.6 Å². The molecule has 0 aromatic heterocycles. The van der Waals surface area contributed by atoms with E-state index in [0.29, 0.717) is 5.54 Å². The lowest BCUT2D eigenvalue weighted by Gasteiger charge is -2.11. The van der Waals surface area contributed by atoms with Gasteiger partial charge in [0.25, 0.3) is 0 Å². The van der Waals surface area contributed by atoms with Gasteiger partial charge in [0.2, 0.25) is 0 Å². The largest absolute Gasteiger partial charge is 0.432 e. The summed E-state index contributed by atoms with van der Waals surface area (Å²) in [4.78, 5) is 10.1. The van der Waals surface area contributed by atoms with Gasteiger partial charge in [-0.1, -0.05) is 48.6 Å². The second-order valence-corrected chi connectivity index (χ2v) is 8.92. The first-order chi connectivity index (χ1) is 7.54. The van der Waals surface area contributed by atoms with Gasteiger partial charge in [0.15, 0.2) is 8.32 Å². The van der Waals surface area contributed by atoms with E-state index in [-0.39, 0.29) is 0 Å². The fourth-order valence-electron chi connectivity index (χ4n) is 2.19. The van der Waals surface area contributed by atoms with Crippen LogP contribution in [0, 0.1) is 0 Å². The molecule has 1 aliphatic carbocycles. The summed E-state index contributed by atoms with van der Waals surface area (Å²) in [5, 5.41) is 0. The Kier molecular flexibility index (Phi) is 2.87. The average Bonchev–Trinajstić information content (AvgIpc) is 3.00. The summed E-state index contributed by atoms with van der Waals surface area (Å²) < 4.78 is 0. The van der Waals surface area contributed by atoms with Gasteiger partial charge in [-0.2, -0.15) is 0 Å². The maximum absolute atomic E-state index is 10.1.